The third-order valence-corrected chi connectivity index (χ3v) is 4.10. The number of nitriles is 1. The summed E-state index contributed by atoms with van der Waals surface area (Å²) < 4.78 is 52.4. The van der Waals surface area contributed by atoms with Crippen LogP contribution in [0.25, 0.3) is 0 Å². The van der Waals surface area contributed by atoms with E-state index >= 15 is 0 Å². The Morgan fingerprint density at radius 1 is 1.38 bits per heavy atom. The van der Waals surface area contributed by atoms with Crippen LogP contribution in [0.2, 0.25) is 0 Å². The van der Waals surface area contributed by atoms with Crippen molar-refractivity contribution in [2.75, 3.05) is 13.6 Å². The quantitative estimate of drug-likeness (QED) is 0.777. The van der Waals surface area contributed by atoms with Gasteiger partial charge in [-0.2, -0.15) is 5.26 Å². The maximum atomic E-state index is 14.0. The zero-order valence-electron chi connectivity index (χ0n) is 17.2. The summed E-state index contributed by atoms with van der Waals surface area (Å²) in [6, 6.07) is 4.87. The molecule has 2 aromatic carbocycles. The summed E-state index contributed by atoms with van der Waals surface area (Å²) in [5.74, 6) is -1.17. The van der Waals surface area contributed by atoms with Gasteiger partial charge in [0.2, 0.25) is 0 Å². The molecule has 5 heteroatoms. The van der Waals surface area contributed by atoms with Gasteiger partial charge in [-0.05, 0) is 67.3 Å². The maximum absolute atomic E-state index is 14.0. The van der Waals surface area contributed by atoms with Gasteiger partial charge < -0.3 is 10.1 Å². The minimum absolute atomic E-state index is 0. The minimum atomic E-state index is -1.21. The van der Waals surface area contributed by atoms with Crippen LogP contribution in [-0.2, 0) is 16.9 Å². The lowest BCUT2D eigenvalue weighted by atomic mass is 9.81. The van der Waals surface area contributed by atoms with Gasteiger partial charge in [-0.25, -0.2) is 4.39 Å². The lowest BCUT2D eigenvalue weighted by molar-refractivity contribution is -0.0128. The second-order valence-electron chi connectivity index (χ2n) is 5.50. The lowest BCUT2D eigenvalue weighted by Crippen LogP contribution is -2.28. The van der Waals surface area contributed by atoms with Crippen LogP contribution in [-0.4, -0.2) is 13.6 Å². The highest BCUT2D eigenvalue weighted by atomic mass is 79.9. The van der Waals surface area contributed by atoms with Gasteiger partial charge in [0.15, 0.2) is 0 Å². The normalized spacial score (nSPS) is 20.9. The Balaban J connectivity index is 0.00000280. The number of fused-ring (bicyclic) bond motifs is 1. The third kappa shape index (κ3) is 3.36. The molecule has 126 valence electrons. The first kappa shape index (κ1) is 13.5. The highest BCUT2D eigenvalue weighted by molar-refractivity contribution is 8.93. The van der Waals surface area contributed by atoms with Crippen molar-refractivity contribution in [3.63, 3.8) is 0 Å². The molecule has 0 saturated carbocycles. The predicted octanol–water partition coefficient (Wildman–Crippen LogP) is 4.05. The standard InChI is InChI=1S/C19H19FN2O.BrH/c1-22-10-2-9-19(16-4-6-17(20)7-5-16)18-8-3-14(12-21)11-15(18)13-23-19;/h3-8,11,22H,2,9-10,13H2,1H3;1H/i4D,5D,6D,7D;. The van der Waals surface area contributed by atoms with Crippen molar-refractivity contribution >= 4 is 17.0 Å². The first-order valence-electron chi connectivity index (χ1n) is 9.45. The number of nitrogens with one attached hydrogen (secondary N) is 1. The number of ether oxygens (including phenoxy) is 1. The van der Waals surface area contributed by atoms with Crippen LogP contribution in [0.3, 0.4) is 0 Å². The topological polar surface area (TPSA) is 45.0 Å². The van der Waals surface area contributed by atoms with Crippen LogP contribution in [0.4, 0.5) is 4.39 Å². The first-order chi connectivity index (χ1) is 12.9. The van der Waals surface area contributed by atoms with Gasteiger partial charge in [-0.1, -0.05) is 18.2 Å². The number of rotatable bonds is 5. The molecule has 1 N–H and O–H groups in total. The van der Waals surface area contributed by atoms with Crippen molar-refractivity contribution in [2.45, 2.75) is 25.0 Å². The Morgan fingerprint density at radius 3 is 2.79 bits per heavy atom. The summed E-state index contributed by atoms with van der Waals surface area (Å²) in [6.07, 6.45) is 1.04. The molecule has 0 radical (unpaired) electrons. The molecule has 1 heterocycles. The molecule has 24 heavy (non-hydrogen) atoms. The number of benzene rings is 2. The Hall–Kier alpha value is -1.74. The molecule has 0 saturated heterocycles. The number of hydrogen-bond donors (Lipinski definition) is 1. The van der Waals surface area contributed by atoms with Crippen molar-refractivity contribution in [3.05, 3.63) is 70.4 Å². The van der Waals surface area contributed by atoms with E-state index in [9.17, 15) is 4.39 Å². The van der Waals surface area contributed by atoms with E-state index < -0.39 is 35.6 Å². The molecule has 1 unspecified atom stereocenters. The number of hydrogen-bond acceptors (Lipinski definition) is 3. The number of halogens is 2. The smallest absolute Gasteiger partial charge is 0.123 e. The fourth-order valence-corrected chi connectivity index (χ4v) is 3.01. The van der Waals surface area contributed by atoms with E-state index in [-0.39, 0.29) is 29.2 Å². The van der Waals surface area contributed by atoms with E-state index in [2.05, 4.69) is 11.4 Å². The molecule has 1 aliphatic rings. The van der Waals surface area contributed by atoms with Crippen molar-refractivity contribution < 1.29 is 14.6 Å². The molecule has 3 rings (SSSR count). The molecule has 1 aliphatic heterocycles. The van der Waals surface area contributed by atoms with Gasteiger partial charge in [0.25, 0.3) is 0 Å². The molecule has 0 spiro atoms. The predicted molar refractivity (Wildman–Crippen MR) is 96.6 cm³/mol. The summed E-state index contributed by atoms with van der Waals surface area (Å²) >= 11 is 0. The Labute approximate surface area is 157 Å². The molecule has 0 bridgehead atoms. The first-order valence-corrected chi connectivity index (χ1v) is 7.45. The molecule has 2 aromatic rings. The fraction of sp³-hybridized carbons (Fsp3) is 0.316. The summed E-state index contributed by atoms with van der Waals surface area (Å²) in [6.45, 7) is 0.849. The van der Waals surface area contributed by atoms with Crippen LogP contribution in [0, 0.1) is 17.1 Å². The lowest BCUT2D eigenvalue weighted by Gasteiger charge is -2.30. The minimum Gasteiger partial charge on any atom is -0.361 e. The molecule has 3 nitrogen and oxygen atoms in total. The zero-order valence-corrected chi connectivity index (χ0v) is 14.9. The van der Waals surface area contributed by atoms with E-state index in [4.69, 9.17) is 15.5 Å². The van der Waals surface area contributed by atoms with Gasteiger partial charge in [0, 0.05) is 0 Å². The third-order valence-electron chi connectivity index (χ3n) is 4.10. The SMILES string of the molecule is Br.[2H]c1c([2H])c(C2(CCCNC)OCc3cc(C#N)ccc32)c([2H])c([2H])c1F. The van der Waals surface area contributed by atoms with Crippen LogP contribution >= 0.6 is 17.0 Å². The van der Waals surface area contributed by atoms with Crippen LogP contribution in [0.15, 0.2) is 42.4 Å². The second-order valence-corrected chi connectivity index (χ2v) is 5.50. The molecule has 0 aliphatic carbocycles. The highest BCUT2D eigenvalue weighted by Crippen LogP contribution is 2.45. The molecule has 1 atom stereocenters. The summed E-state index contributed by atoms with van der Waals surface area (Å²) in [4.78, 5) is 0. The Morgan fingerprint density at radius 2 is 2.12 bits per heavy atom. The summed E-state index contributed by atoms with van der Waals surface area (Å²) in [7, 11) is 1.81. The largest absolute Gasteiger partial charge is 0.361 e. The number of nitrogens with zero attached hydrogens (tertiary/aromatic N) is 1. The van der Waals surface area contributed by atoms with E-state index in [1.54, 1.807) is 18.2 Å². The monoisotopic (exact) mass is 394 g/mol. The average molecular weight is 395 g/mol. The van der Waals surface area contributed by atoms with E-state index in [0.717, 1.165) is 5.56 Å². The maximum Gasteiger partial charge on any atom is 0.123 e. The van der Waals surface area contributed by atoms with Gasteiger partial charge in [-0.3, -0.25) is 0 Å². The van der Waals surface area contributed by atoms with Gasteiger partial charge in [0.05, 0.1) is 23.7 Å². The van der Waals surface area contributed by atoms with E-state index in [1.807, 2.05) is 7.05 Å². The average Bonchev–Trinajstić information content (AvgIpc) is 3.03. The van der Waals surface area contributed by atoms with Crippen LogP contribution in [0.1, 0.15) is 40.6 Å². The van der Waals surface area contributed by atoms with Gasteiger partial charge in [0.1, 0.15) is 11.4 Å². The van der Waals surface area contributed by atoms with Crippen molar-refractivity contribution in [3.8, 4) is 6.07 Å². The van der Waals surface area contributed by atoms with Crippen molar-refractivity contribution in [2.24, 2.45) is 0 Å². The van der Waals surface area contributed by atoms with Crippen LogP contribution in [0.5, 0.6) is 0 Å². The van der Waals surface area contributed by atoms with E-state index in [1.165, 1.54) is 0 Å². The Bertz CT molecular complexity index is 922. The Kier molecular flexibility index (Phi) is 4.45. The molecule has 0 aromatic heterocycles. The fourth-order valence-electron chi connectivity index (χ4n) is 3.01. The van der Waals surface area contributed by atoms with E-state index in [0.29, 0.717) is 30.5 Å². The highest BCUT2D eigenvalue weighted by Gasteiger charge is 2.41. The van der Waals surface area contributed by atoms with Crippen LogP contribution < -0.4 is 5.32 Å². The zero-order chi connectivity index (χ0) is 19.8. The van der Waals surface area contributed by atoms with Gasteiger partial charge in [-0.15, -0.1) is 17.0 Å². The second kappa shape index (κ2) is 7.89. The molecular weight excluding hydrogens is 371 g/mol. The molecule has 0 amide bonds. The summed E-state index contributed by atoms with van der Waals surface area (Å²) in [5.41, 5.74) is 0.762. The summed E-state index contributed by atoms with van der Waals surface area (Å²) in [5, 5.41) is 12.2. The van der Waals surface area contributed by atoms with Gasteiger partial charge >= 0.3 is 0 Å². The van der Waals surface area contributed by atoms with Crippen molar-refractivity contribution in [1.82, 2.24) is 5.32 Å². The molecular formula is C19H20BrFN2O. The van der Waals surface area contributed by atoms with Crippen molar-refractivity contribution in [1.29, 1.82) is 5.26 Å². The molecule has 0 fully saturated rings.